The first kappa shape index (κ1) is 13.1. The number of alkyl halides is 1. The molecule has 1 rings (SSSR count). The van der Waals surface area contributed by atoms with Crippen LogP contribution < -0.4 is 5.32 Å². The summed E-state index contributed by atoms with van der Waals surface area (Å²) in [5, 5.41) is 10.5. The lowest BCUT2D eigenvalue weighted by molar-refractivity contribution is -0.142. The second kappa shape index (κ2) is 5.93. The minimum atomic E-state index is -1.56. The van der Waals surface area contributed by atoms with Crippen LogP contribution in [0.5, 0.6) is 0 Å². The smallest absolute Gasteiger partial charge is 0.328 e. The van der Waals surface area contributed by atoms with Gasteiger partial charge in [0.05, 0.1) is 6.42 Å². The number of nitrogens with one attached hydrogen (secondary N) is 1. The van der Waals surface area contributed by atoms with E-state index in [1.165, 1.54) is 18.2 Å². The highest BCUT2D eigenvalue weighted by Crippen LogP contribution is 2.04. The molecule has 0 aromatic heterocycles. The van der Waals surface area contributed by atoms with Gasteiger partial charge in [-0.25, -0.2) is 13.6 Å². The quantitative estimate of drug-likeness (QED) is 0.807. The van der Waals surface area contributed by atoms with Gasteiger partial charge < -0.3 is 10.4 Å². The molecule has 0 bridgehead atoms. The third kappa shape index (κ3) is 4.18. The highest BCUT2D eigenvalue weighted by Gasteiger charge is 2.19. The van der Waals surface area contributed by atoms with Crippen molar-refractivity contribution in [2.45, 2.75) is 12.5 Å². The van der Waals surface area contributed by atoms with E-state index < -0.39 is 30.4 Å². The molecule has 2 N–H and O–H groups in total. The van der Waals surface area contributed by atoms with Gasteiger partial charge in [0, 0.05) is 0 Å². The van der Waals surface area contributed by atoms with Crippen LogP contribution in [0.25, 0.3) is 0 Å². The van der Waals surface area contributed by atoms with Crippen LogP contribution in [0.3, 0.4) is 0 Å². The van der Waals surface area contributed by atoms with Crippen molar-refractivity contribution in [3.05, 3.63) is 35.6 Å². The van der Waals surface area contributed by atoms with Gasteiger partial charge in [0.1, 0.15) is 12.5 Å². The summed E-state index contributed by atoms with van der Waals surface area (Å²) in [5.74, 6) is -2.60. The van der Waals surface area contributed by atoms with Crippen molar-refractivity contribution < 1.29 is 23.5 Å². The lowest BCUT2D eigenvalue weighted by Gasteiger charge is -2.10. The Morgan fingerprint density at radius 3 is 2.65 bits per heavy atom. The van der Waals surface area contributed by atoms with Crippen molar-refractivity contribution in [3.8, 4) is 0 Å². The SMILES string of the molecule is O=C(Cc1cccc(F)c1)N[C@@H](CF)C(=O)O. The van der Waals surface area contributed by atoms with E-state index in [-0.39, 0.29) is 6.42 Å². The fourth-order valence-corrected chi connectivity index (χ4v) is 1.24. The van der Waals surface area contributed by atoms with E-state index in [4.69, 9.17) is 5.11 Å². The number of carbonyl (C=O) groups is 2. The van der Waals surface area contributed by atoms with Crippen LogP contribution in [-0.4, -0.2) is 29.7 Å². The largest absolute Gasteiger partial charge is 0.480 e. The molecule has 4 nitrogen and oxygen atoms in total. The first-order valence-corrected chi connectivity index (χ1v) is 4.85. The summed E-state index contributed by atoms with van der Waals surface area (Å²) in [7, 11) is 0. The Labute approximate surface area is 96.3 Å². The topological polar surface area (TPSA) is 66.4 Å². The Morgan fingerprint density at radius 1 is 1.41 bits per heavy atom. The zero-order valence-electron chi connectivity index (χ0n) is 8.82. The molecule has 17 heavy (non-hydrogen) atoms. The van der Waals surface area contributed by atoms with Gasteiger partial charge in [0.2, 0.25) is 5.91 Å². The molecule has 0 radical (unpaired) electrons. The zero-order chi connectivity index (χ0) is 12.8. The number of halogens is 2. The average Bonchev–Trinajstić information content (AvgIpc) is 2.25. The first-order chi connectivity index (χ1) is 8.02. The standard InChI is InChI=1S/C11H11F2NO3/c12-6-9(11(16)17)14-10(15)5-7-2-1-3-8(13)4-7/h1-4,9H,5-6H2,(H,14,15)(H,16,17)/t9-/m0/s1. The number of benzene rings is 1. The van der Waals surface area contributed by atoms with Crippen molar-refractivity contribution in [3.63, 3.8) is 0 Å². The third-order valence-corrected chi connectivity index (χ3v) is 2.04. The molecule has 0 saturated carbocycles. The second-order valence-electron chi connectivity index (χ2n) is 3.42. The Bertz CT molecular complexity index is 423. The summed E-state index contributed by atoms with van der Waals surface area (Å²) in [6.07, 6.45) is -0.193. The van der Waals surface area contributed by atoms with E-state index >= 15 is 0 Å². The number of hydrogen-bond acceptors (Lipinski definition) is 2. The molecule has 0 aliphatic rings. The van der Waals surface area contributed by atoms with Gasteiger partial charge in [-0.05, 0) is 17.7 Å². The molecule has 6 heteroatoms. The minimum absolute atomic E-state index is 0.193. The molecule has 1 aromatic carbocycles. The number of amides is 1. The van der Waals surface area contributed by atoms with E-state index in [2.05, 4.69) is 0 Å². The normalized spacial score (nSPS) is 11.9. The van der Waals surface area contributed by atoms with E-state index in [9.17, 15) is 18.4 Å². The number of carbonyl (C=O) groups excluding carboxylic acids is 1. The maximum atomic E-state index is 12.8. The molecule has 0 heterocycles. The summed E-state index contributed by atoms with van der Waals surface area (Å²) in [6, 6.07) is 3.78. The van der Waals surface area contributed by atoms with Gasteiger partial charge in [-0.1, -0.05) is 12.1 Å². The molecular formula is C11H11F2NO3. The molecule has 0 unspecified atom stereocenters. The summed E-state index contributed by atoms with van der Waals surface area (Å²) in [6.45, 7) is -1.19. The zero-order valence-corrected chi connectivity index (χ0v) is 8.82. The van der Waals surface area contributed by atoms with Gasteiger partial charge in [-0.3, -0.25) is 4.79 Å². The van der Waals surface area contributed by atoms with Crippen LogP contribution >= 0.6 is 0 Å². The second-order valence-corrected chi connectivity index (χ2v) is 3.42. The molecule has 92 valence electrons. The molecule has 1 aromatic rings. The predicted octanol–water partition coefficient (Wildman–Crippen LogP) is 0.907. The molecule has 0 fully saturated rings. The van der Waals surface area contributed by atoms with E-state index in [1.54, 1.807) is 0 Å². The van der Waals surface area contributed by atoms with E-state index in [1.807, 2.05) is 5.32 Å². The molecular weight excluding hydrogens is 232 g/mol. The van der Waals surface area contributed by atoms with Crippen molar-refractivity contribution >= 4 is 11.9 Å². The predicted molar refractivity (Wildman–Crippen MR) is 55.6 cm³/mol. The summed E-state index contributed by atoms with van der Waals surface area (Å²) < 4.78 is 25.0. The highest BCUT2D eigenvalue weighted by molar-refractivity contribution is 5.84. The van der Waals surface area contributed by atoms with Crippen LogP contribution in [0.1, 0.15) is 5.56 Å². The van der Waals surface area contributed by atoms with Crippen LogP contribution in [0.4, 0.5) is 8.78 Å². The monoisotopic (exact) mass is 243 g/mol. The van der Waals surface area contributed by atoms with Gasteiger partial charge in [0.15, 0.2) is 6.04 Å². The van der Waals surface area contributed by atoms with Crippen molar-refractivity contribution in [1.82, 2.24) is 5.32 Å². The number of carboxylic acids is 1. The Balaban J connectivity index is 2.58. The maximum absolute atomic E-state index is 12.8. The van der Waals surface area contributed by atoms with Crippen LogP contribution in [0.15, 0.2) is 24.3 Å². The Kier molecular flexibility index (Phi) is 4.56. The summed E-state index contributed by atoms with van der Waals surface area (Å²) in [4.78, 5) is 21.8. The average molecular weight is 243 g/mol. The number of hydrogen-bond donors (Lipinski definition) is 2. The molecule has 0 saturated heterocycles. The van der Waals surface area contributed by atoms with Crippen LogP contribution in [0, 0.1) is 5.82 Å². The fourth-order valence-electron chi connectivity index (χ4n) is 1.24. The number of rotatable bonds is 5. The van der Waals surface area contributed by atoms with E-state index in [0.29, 0.717) is 5.56 Å². The summed E-state index contributed by atoms with van der Waals surface area (Å²) >= 11 is 0. The molecule has 1 amide bonds. The Morgan fingerprint density at radius 2 is 2.12 bits per heavy atom. The van der Waals surface area contributed by atoms with Gasteiger partial charge in [0.25, 0.3) is 0 Å². The van der Waals surface area contributed by atoms with Crippen LogP contribution in [-0.2, 0) is 16.0 Å². The van der Waals surface area contributed by atoms with Crippen LogP contribution in [0.2, 0.25) is 0 Å². The number of carboxylic acid groups (broad SMARTS) is 1. The highest BCUT2D eigenvalue weighted by atomic mass is 19.1. The third-order valence-electron chi connectivity index (χ3n) is 2.04. The lowest BCUT2D eigenvalue weighted by atomic mass is 10.1. The lowest BCUT2D eigenvalue weighted by Crippen LogP contribution is -2.43. The Hall–Kier alpha value is -1.98. The number of aliphatic carboxylic acids is 1. The maximum Gasteiger partial charge on any atom is 0.328 e. The van der Waals surface area contributed by atoms with Gasteiger partial charge in [-0.15, -0.1) is 0 Å². The molecule has 1 atom stereocenters. The van der Waals surface area contributed by atoms with Gasteiger partial charge in [-0.2, -0.15) is 0 Å². The van der Waals surface area contributed by atoms with E-state index in [0.717, 1.165) is 6.07 Å². The first-order valence-electron chi connectivity index (χ1n) is 4.85. The molecule has 0 aliphatic heterocycles. The summed E-state index contributed by atoms with van der Waals surface area (Å²) in [5.41, 5.74) is 0.394. The van der Waals surface area contributed by atoms with Crippen molar-refractivity contribution in [1.29, 1.82) is 0 Å². The molecule has 0 spiro atoms. The van der Waals surface area contributed by atoms with Crippen molar-refractivity contribution in [2.75, 3.05) is 6.67 Å². The van der Waals surface area contributed by atoms with Crippen molar-refractivity contribution in [2.24, 2.45) is 0 Å². The minimum Gasteiger partial charge on any atom is -0.480 e. The fraction of sp³-hybridized carbons (Fsp3) is 0.273. The van der Waals surface area contributed by atoms with Gasteiger partial charge >= 0.3 is 5.97 Å². The molecule has 0 aliphatic carbocycles.